The maximum absolute atomic E-state index is 11.4. The molecule has 2 N–H and O–H groups in total. The minimum absolute atomic E-state index is 0. The molecular weight excluding hydrogens is 395 g/mol. The molecule has 0 saturated carbocycles. The lowest BCUT2D eigenvalue weighted by Crippen LogP contribution is -2.18. The van der Waals surface area contributed by atoms with Crippen LogP contribution in [0, 0.1) is 19.3 Å². The first-order chi connectivity index (χ1) is 12.1. The lowest BCUT2D eigenvalue weighted by atomic mass is 9.85. The molecule has 0 saturated heterocycles. The van der Waals surface area contributed by atoms with Gasteiger partial charge in [0.2, 0.25) is 0 Å². The molecule has 1 aromatic heterocycles. The summed E-state index contributed by atoms with van der Waals surface area (Å²) in [6.07, 6.45) is 0.840. The van der Waals surface area contributed by atoms with Gasteiger partial charge in [-0.25, -0.2) is 0 Å². The standard InChI is InChI=1S/C22H30N2O2.2ClH/c1-14-7-9-17(10-8-14)21-18(12-23)20(11-22(4,5)6)24-15(2)19(21)13-26-16(3)25;;/h7-10H,11-13,23H2,1-6H3;2*1H. The second-order valence-electron chi connectivity index (χ2n) is 8.06. The number of nitrogens with zero attached hydrogens (tertiary/aromatic N) is 1. The van der Waals surface area contributed by atoms with Crippen molar-refractivity contribution in [2.75, 3.05) is 0 Å². The summed E-state index contributed by atoms with van der Waals surface area (Å²) in [6.45, 7) is 12.7. The van der Waals surface area contributed by atoms with Crippen molar-refractivity contribution in [1.29, 1.82) is 0 Å². The highest BCUT2D eigenvalue weighted by atomic mass is 35.5. The zero-order valence-corrected chi connectivity index (χ0v) is 19.2. The first-order valence-electron chi connectivity index (χ1n) is 9.04. The molecule has 0 aliphatic rings. The molecule has 2 aromatic rings. The number of aromatic nitrogens is 1. The minimum Gasteiger partial charge on any atom is -0.461 e. The third-order valence-corrected chi connectivity index (χ3v) is 4.35. The zero-order valence-electron chi connectivity index (χ0n) is 17.6. The molecule has 0 aliphatic heterocycles. The highest BCUT2D eigenvalue weighted by molar-refractivity contribution is 5.85. The number of pyridine rings is 1. The predicted octanol–water partition coefficient (Wildman–Crippen LogP) is 5.32. The number of aryl methyl sites for hydroxylation is 2. The maximum atomic E-state index is 11.4. The fourth-order valence-electron chi connectivity index (χ4n) is 3.13. The Kier molecular flexibility index (Phi) is 10.2. The van der Waals surface area contributed by atoms with Crippen LogP contribution in [0.2, 0.25) is 0 Å². The highest BCUT2D eigenvalue weighted by Crippen LogP contribution is 2.34. The summed E-state index contributed by atoms with van der Waals surface area (Å²) in [7, 11) is 0. The normalized spacial score (nSPS) is 10.7. The zero-order chi connectivity index (χ0) is 19.5. The molecule has 1 aromatic carbocycles. The first-order valence-corrected chi connectivity index (χ1v) is 9.04. The van der Waals surface area contributed by atoms with Crippen molar-refractivity contribution in [2.45, 2.75) is 61.1 Å². The number of esters is 1. The summed E-state index contributed by atoms with van der Waals surface area (Å²) in [4.78, 5) is 16.2. The monoisotopic (exact) mass is 426 g/mol. The molecule has 2 rings (SSSR count). The molecule has 1 heterocycles. The molecule has 0 amide bonds. The van der Waals surface area contributed by atoms with Crippen LogP contribution in [0.5, 0.6) is 0 Å². The van der Waals surface area contributed by atoms with E-state index < -0.39 is 0 Å². The van der Waals surface area contributed by atoms with Gasteiger partial charge >= 0.3 is 5.97 Å². The van der Waals surface area contributed by atoms with Gasteiger partial charge in [0.25, 0.3) is 0 Å². The van der Waals surface area contributed by atoms with E-state index in [1.165, 1.54) is 12.5 Å². The second-order valence-corrected chi connectivity index (χ2v) is 8.06. The Bertz CT molecular complexity index is 798. The smallest absolute Gasteiger partial charge is 0.302 e. The Labute approximate surface area is 181 Å². The summed E-state index contributed by atoms with van der Waals surface area (Å²) >= 11 is 0. The molecule has 0 atom stereocenters. The molecular formula is C22H32Cl2N2O2. The Morgan fingerprint density at radius 2 is 1.64 bits per heavy atom. The summed E-state index contributed by atoms with van der Waals surface area (Å²) in [5, 5.41) is 0. The van der Waals surface area contributed by atoms with Gasteiger partial charge in [0, 0.05) is 30.4 Å². The van der Waals surface area contributed by atoms with Crippen LogP contribution in [0.3, 0.4) is 0 Å². The predicted molar refractivity (Wildman–Crippen MR) is 120 cm³/mol. The van der Waals surface area contributed by atoms with Crippen LogP contribution in [0.15, 0.2) is 24.3 Å². The summed E-state index contributed by atoms with van der Waals surface area (Å²) in [6, 6.07) is 8.37. The number of halogens is 2. The van der Waals surface area contributed by atoms with E-state index in [9.17, 15) is 4.79 Å². The average molecular weight is 427 g/mol. The largest absolute Gasteiger partial charge is 0.461 e. The topological polar surface area (TPSA) is 65.2 Å². The van der Waals surface area contributed by atoms with Gasteiger partial charge in [-0.3, -0.25) is 9.78 Å². The van der Waals surface area contributed by atoms with Gasteiger partial charge in [-0.1, -0.05) is 50.6 Å². The van der Waals surface area contributed by atoms with E-state index >= 15 is 0 Å². The van der Waals surface area contributed by atoms with E-state index in [-0.39, 0.29) is 42.8 Å². The van der Waals surface area contributed by atoms with E-state index in [1.54, 1.807) is 0 Å². The summed E-state index contributed by atoms with van der Waals surface area (Å²) < 4.78 is 5.32. The number of benzene rings is 1. The van der Waals surface area contributed by atoms with E-state index in [1.807, 2.05) is 6.92 Å². The molecule has 156 valence electrons. The molecule has 0 radical (unpaired) electrons. The molecule has 6 heteroatoms. The number of hydrogen-bond acceptors (Lipinski definition) is 4. The van der Waals surface area contributed by atoms with Crippen LogP contribution in [0.25, 0.3) is 11.1 Å². The molecule has 0 fully saturated rings. The number of hydrogen-bond donors (Lipinski definition) is 1. The Balaban J connectivity index is 0.00000364. The SMILES string of the molecule is CC(=O)OCc1c(C)nc(CC(C)(C)C)c(CN)c1-c1ccc(C)cc1.Cl.Cl. The van der Waals surface area contributed by atoms with Crippen LogP contribution < -0.4 is 5.73 Å². The Morgan fingerprint density at radius 3 is 2.11 bits per heavy atom. The molecule has 4 nitrogen and oxygen atoms in total. The first kappa shape index (κ1) is 26.4. The van der Waals surface area contributed by atoms with Crippen LogP contribution in [-0.4, -0.2) is 11.0 Å². The lowest BCUT2D eigenvalue weighted by molar-refractivity contribution is -0.142. The quantitative estimate of drug-likeness (QED) is 0.656. The molecule has 0 aliphatic carbocycles. The number of nitrogens with two attached hydrogens (primary N) is 1. The number of ether oxygens (including phenoxy) is 1. The van der Waals surface area contributed by atoms with E-state index in [2.05, 4.69) is 52.0 Å². The molecule has 0 spiro atoms. The van der Waals surface area contributed by atoms with E-state index in [0.29, 0.717) is 6.54 Å². The van der Waals surface area contributed by atoms with Crippen LogP contribution in [-0.2, 0) is 29.1 Å². The summed E-state index contributed by atoms with van der Waals surface area (Å²) in [5.41, 5.74) is 13.5. The van der Waals surface area contributed by atoms with Crippen molar-refractivity contribution < 1.29 is 9.53 Å². The van der Waals surface area contributed by atoms with Crippen molar-refractivity contribution >= 4 is 30.8 Å². The van der Waals surface area contributed by atoms with E-state index in [0.717, 1.165) is 40.1 Å². The van der Waals surface area contributed by atoms with Crippen LogP contribution >= 0.6 is 24.8 Å². The highest BCUT2D eigenvalue weighted by Gasteiger charge is 2.22. The minimum atomic E-state index is -0.299. The van der Waals surface area contributed by atoms with Crippen molar-refractivity contribution in [1.82, 2.24) is 4.98 Å². The number of carbonyl (C=O) groups excluding carboxylic acids is 1. The van der Waals surface area contributed by atoms with Gasteiger partial charge in [-0.05, 0) is 42.4 Å². The third-order valence-electron chi connectivity index (χ3n) is 4.35. The molecule has 28 heavy (non-hydrogen) atoms. The van der Waals surface area contributed by atoms with Crippen molar-refractivity contribution in [2.24, 2.45) is 11.1 Å². The van der Waals surface area contributed by atoms with Gasteiger partial charge in [-0.15, -0.1) is 24.8 Å². The van der Waals surface area contributed by atoms with Crippen LogP contribution in [0.4, 0.5) is 0 Å². The number of rotatable bonds is 5. The molecule has 0 unspecified atom stereocenters. The Morgan fingerprint density at radius 1 is 1.07 bits per heavy atom. The number of carbonyl (C=O) groups is 1. The van der Waals surface area contributed by atoms with Crippen molar-refractivity contribution in [3.8, 4) is 11.1 Å². The third kappa shape index (κ3) is 6.77. The lowest BCUT2D eigenvalue weighted by Gasteiger charge is -2.24. The Hall–Kier alpha value is -1.62. The van der Waals surface area contributed by atoms with Crippen molar-refractivity contribution in [3.05, 3.63) is 52.3 Å². The van der Waals surface area contributed by atoms with Gasteiger partial charge in [-0.2, -0.15) is 0 Å². The van der Waals surface area contributed by atoms with Gasteiger partial charge in [0.05, 0.1) is 0 Å². The maximum Gasteiger partial charge on any atom is 0.302 e. The van der Waals surface area contributed by atoms with Crippen molar-refractivity contribution in [3.63, 3.8) is 0 Å². The van der Waals surface area contributed by atoms with Gasteiger partial charge in [0.1, 0.15) is 6.61 Å². The van der Waals surface area contributed by atoms with Gasteiger partial charge in [0.15, 0.2) is 0 Å². The fourth-order valence-corrected chi connectivity index (χ4v) is 3.13. The molecule has 0 bridgehead atoms. The van der Waals surface area contributed by atoms with Gasteiger partial charge < -0.3 is 10.5 Å². The average Bonchev–Trinajstić information content (AvgIpc) is 2.52. The van der Waals surface area contributed by atoms with E-state index in [4.69, 9.17) is 15.5 Å². The van der Waals surface area contributed by atoms with Crippen LogP contribution in [0.1, 0.15) is 55.8 Å². The second kappa shape index (κ2) is 10.8. The fraction of sp³-hybridized carbons (Fsp3) is 0.455. The summed E-state index contributed by atoms with van der Waals surface area (Å²) in [5.74, 6) is -0.299.